The van der Waals surface area contributed by atoms with E-state index in [1.165, 1.54) is 23.2 Å². The average Bonchev–Trinajstić information content (AvgIpc) is 2.73. The van der Waals surface area contributed by atoms with Crippen molar-refractivity contribution in [2.24, 2.45) is 0 Å². The highest BCUT2D eigenvalue weighted by atomic mass is 35.5. The Kier molecular flexibility index (Phi) is 6.61. The van der Waals surface area contributed by atoms with Crippen molar-refractivity contribution in [3.8, 4) is 0 Å². The lowest BCUT2D eigenvalue weighted by molar-refractivity contribution is 0.484. The maximum atomic E-state index is 14.5. The maximum absolute atomic E-state index is 14.5. The zero-order valence-electron chi connectivity index (χ0n) is 16.5. The van der Waals surface area contributed by atoms with E-state index in [0.29, 0.717) is 22.2 Å². The van der Waals surface area contributed by atoms with Crippen molar-refractivity contribution in [2.45, 2.75) is 13.3 Å². The molecule has 0 amide bonds. The molecular weight excluding hydrogens is 450 g/mol. The van der Waals surface area contributed by atoms with Crippen molar-refractivity contribution in [1.29, 1.82) is 0 Å². The third-order valence-corrected chi connectivity index (χ3v) is 6.32. The fourth-order valence-corrected chi connectivity index (χ4v) is 4.39. The van der Waals surface area contributed by atoms with Crippen molar-refractivity contribution in [2.75, 3.05) is 22.5 Å². The Morgan fingerprint density at radius 3 is 2.65 bits per heavy atom. The summed E-state index contributed by atoms with van der Waals surface area (Å²) in [5.74, 6) is -1.17. The number of fused-ring (bicyclic) bond motifs is 1. The summed E-state index contributed by atoms with van der Waals surface area (Å²) in [7, 11) is -3.86. The Morgan fingerprint density at radius 2 is 1.97 bits per heavy atom. The molecule has 0 atom stereocenters. The van der Waals surface area contributed by atoms with Crippen LogP contribution in [0, 0.1) is 12.7 Å². The summed E-state index contributed by atoms with van der Waals surface area (Å²) in [5, 5.41) is 2.93. The lowest BCUT2D eigenvalue weighted by atomic mass is 10.1. The molecule has 0 spiro atoms. The minimum Gasteiger partial charge on any atom is -0.352 e. The van der Waals surface area contributed by atoms with Gasteiger partial charge in [-0.25, -0.2) is 17.8 Å². The summed E-state index contributed by atoms with van der Waals surface area (Å²) >= 11 is 6.26. The van der Waals surface area contributed by atoms with Gasteiger partial charge in [0.15, 0.2) is 0 Å². The highest BCUT2D eigenvalue weighted by Gasteiger charge is 2.18. The minimum atomic E-state index is -3.86. The fraction of sp³-hybridized carbons (Fsp3) is 0.200. The molecule has 0 aliphatic carbocycles. The van der Waals surface area contributed by atoms with E-state index in [9.17, 15) is 22.0 Å². The maximum Gasteiger partial charge on any atom is 0.265 e. The van der Waals surface area contributed by atoms with Crippen LogP contribution in [-0.4, -0.2) is 30.4 Å². The van der Waals surface area contributed by atoms with Crippen LogP contribution in [0.25, 0.3) is 17.1 Å². The van der Waals surface area contributed by atoms with E-state index < -0.39 is 28.3 Å². The first kappa shape index (κ1) is 22.7. The number of nitrogens with one attached hydrogen (secondary N) is 2. The van der Waals surface area contributed by atoms with Gasteiger partial charge >= 0.3 is 0 Å². The van der Waals surface area contributed by atoms with Gasteiger partial charge in [0, 0.05) is 11.9 Å². The number of rotatable bonds is 8. The molecule has 0 aliphatic rings. The van der Waals surface area contributed by atoms with Crippen LogP contribution in [0.2, 0.25) is 5.02 Å². The van der Waals surface area contributed by atoms with Crippen molar-refractivity contribution >= 4 is 55.8 Å². The topological polar surface area (TPSA) is 93.1 Å². The number of sulfonamides is 1. The lowest BCUT2D eigenvalue weighted by Crippen LogP contribution is -2.18. The Bertz CT molecular complexity index is 1330. The Labute approximate surface area is 182 Å². The van der Waals surface area contributed by atoms with Gasteiger partial charge in [0.1, 0.15) is 12.1 Å². The molecule has 0 aliphatic heterocycles. The largest absolute Gasteiger partial charge is 0.352 e. The van der Waals surface area contributed by atoms with Crippen LogP contribution in [0.4, 0.5) is 25.8 Å². The molecule has 1 heterocycles. The second kappa shape index (κ2) is 9.03. The van der Waals surface area contributed by atoms with Gasteiger partial charge in [-0.3, -0.25) is 18.5 Å². The summed E-state index contributed by atoms with van der Waals surface area (Å²) in [5.41, 5.74) is 0.748. The third kappa shape index (κ3) is 4.70. The molecule has 1 aromatic heterocycles. The Hall–Kier alpha value is -2.98. The van der Waals surface area contributed by atoms with Gasteiger partial charge < -0.3 is 5.32 Å². The fourth-order valence-electron chi connectivity index (χ4n) is 2.99. The Morgan fingerprint density at radius 1 is 1.26 bits per heavy atom. The molecule has 0 saturated carbocycles. The first-order chi connectivity index (χ1) is 14.7. The molecule has 3 aromatic rings. The summed E-state index contributed by atoms with van der Waals surface area (Å²) in [6.07, 6.45) is 2.49. The molecule has 0 saturated heterocycles. The summed E-state index contributed by atoms with van der Waals surface area (Å²) in [4.78, 5) is 16.8. The number of anilines is 3. The van der Waals surface area contributed by atoms with Gasteiger partial charge in [0.05, 0.1) is 39.7 Å². The molecule has 0 unspecified atom stereocenters. The van der Waals surface area contributed by atoms with Crippen molar-refractivity contribution in [1.82, 2.24) is 9.55 Å². The van der Waals surface area contributed by atoms with Gasteiger partial charge in [-0.1, -0.05) is 18.2 Å². The number of aromatic nitrogens is 2. The van der Waals surface area contributed by atoms with Gasteiger partial charge in [0.25, 0.3) is 5.56 Å². The smallest absolute Gasteiger partial charge is 0.265 e. The first-order valence-corrected chi connectivity index (χ1v) is 11.2. The van der Waals surface area contributed by atoms with Crippen molar-refractivity contribution in [3.63, 3.8) is 0 Å². The number of aryl methyl sites for hydroxylation is 1. The molecule has 7 nitrogen and oxygen atoms in total. The zero-order chi connectivity index (χ0) is 22.8. The van der Waals surface area contributed by atoms with Crippen LogP contribution in [0.5, 0.6) is 0 Å². The normalized spacial score (nSPS) is 11.5. The van der Waals surface area contributed by atoms with E-state index in [2.05, 4.69) is 21.6 Å². The summed E-state index contributed by atoms with van der Waals surface area (Å²) in [6, 6.07) is 5.42. The SMILES string of the molecule is C=Cn1cnc2ccc(Nc3c(F)ccc(NS(=O)(=O)CCCF)c3Cl)c(C)c2c1=O. The van der Waals surface area contributed by atoms with Crippen LogP contribution in [0.1, 0.15) is 12.0 Å². The molecule has 2 aromatic carbocycles. The number of halogens is 3. The third-order valence-electron chi connectivity index (χ3n) is 4.57. The molecule has 164 valence electrons. The van der Waals surface area contributed by atoms with Gasteiger partial charge in [-0.2, -0.15) is 0 Å². The monoisotopic (exact) mass is 468 g/mol. The first-order valence-electron chi connectivity index (χ1n) is 9.13. The van der Waals surface area contributed by atoms with E-state index in [1.807, 2.05) is 0 Å². The molecule has 31 heavy (non-hydrogen) atoms. The number of hydrogen-bond acceptors (Lipinski definition) is 5. The predicted molar refractivity (Wildman–Crippen MR) is 120 cm³/mol. The van der Waals surface area contributed by atoms with Crippen LogP contribution in [0.3, 0.4) is 0 Å². The predicted octanol–water partition coefficient (Wildman–Crippen LogP) is 4.44. The molecule has 0 bridgehead atoms. The van der Waals surface area contributed by atoms with Gasteiger partial charge in [-0.05, 0) is 43.2 Å². The van der Waals surface area contributed by atoms with E-state index in [0.717, 1.165) is 6.07 Å². The van der Waals surface area contributed by atoms with Crippen molar-refractivity contribution in [3.05, 3.63) is 63.9 Å². The Balaban J connectivity index is 2.04. The van der Waals surface area contributed by atoms with E-state index in [1.54, 1.807) is 19.1 Å². The average molecular weight is 469 g/mol. The molecular formula is C20H19ClF2N4O3S. The molecule has 0 fully saturated rings. The van der Waals surface area contributed by atoms with Gasteiger partial charge in [-0.15, -0.1) is 0 Å². The van der Waals surface area contributed by atoms with Crippen molar-refractivity contribution < 1.29 is 17.2 Å². The zero-order valence-corrected chi connectivity index (χ0v) is 18.0. The second-order valence-electron chi connectivity index (χ2n) is 6.64. The van der Waals surface area contributed by atoms with Crippen LogP contribution in [-0.2, 0) is 10.0 Å². The number of nitrogens with zero attached hydrogens (tertiary/aromatic N) is 2. The summed E-state index contributed by atoms with van der Waals surface area (Å²) < 4.78 is 54.4. The minimum absolute atomic E-state index is 0.0569. The van der Waals surface area contributed by atoms with E-state index >= 15 is 0 Å². The molecule has 3 rings (SSSR count). The number of hydrogen-bond donors (Lipinski definition) is 2. The second-order valence-corrected chi connectivity index (χ2v) is 8.86. The molecule has 0 radical (unpaired) electrons. The van der Waals surface area contributed by atoms with E-state index in [4.69, 9.17) is 11.6 Å². The quantitative estimate of drug-likeness (QED) is 0.509. The summed E-state index contributed by atoms with van der Waals surface area (Å²) in [6.45, 7) is 4.44. The van der Waals surface area contributed by atoms with Crippen LogP contribution in [0.15, 0.2) is 42.0 Å². The number of benzene rings is 2. The highest BCUT2D eigenvalue weighted by molar-refractivity contribution is 7.92. The standard InChI is InChI=1S/C20H19ClF2N4O3S/c1-3-27-11-24-15-8-7-14(12(2)17(15)20(27)28)25-19-13(23)5-6-16(18(19)21)26-31(29,30)10-4-9-22/h3,5-8,11,25-26H,1,4,9-10H2,2H3. The lowest BCUT2D eigenvalue weighted by Gasteiger charge is -2.16. The molecule has 2 N–H and O–H groups in total. The molecule has 11 heteroatoms. The highest BCUT2D eigenvalue weighted by Crippen LogP contribution is 2.36. The van der Waals surface area contributed by atoms with Crippen LogP contribution < -0.4 is 15.6 Å². The number of alkyl halides is 1. The van der Waals surface area contributed by atoms with Crippen LogP contribution >= 0.6 is 11.6 Å². The van der Waals surface area contributed by atoms with Gasteiger partial charge in [0.2, 0.25) is 10.0 Å². The van der Waals surface area contributed by atoms with E-state index in [-0.39, 0.29) is 28.4 Å².